The lowest BCUT2D eigenvalue weighted by Crippen LogP contribution is -1.96. The van der Waals surface area contributed by atoms with Crippen molar-refractivity contribution in [1.82, 2.24) is 4.98 Å². The van der Waals surface area contributed by atoms with E-state index in [0.29, 0.717) is 0 Å². The lowest BCUT2D eigenvalue weighted by molar-refractivity contribution is 0.975. The number of aryl methyl sites for hydroxylation is 2. The molecular weight excluding hydrogens is 168 g/mol. The Balaban J connectivity index is 2.46. The van der Waals surface area contributed by atoms with Crippen LogP contribution in [0.3, 0.4) is 0 Å². The fourth-order valence-electron chi connectivity index (χ4n) is 1.40. The largest absolute Gasteiger partial charge is 0.308 e. The zero-order valence-electron chi connectivity index (χ0n) is 6.92. The minimum absolute atomic E-state index is 0.998. The highest BCUT2D eigenvalue weighted by Gasteiger charge is 2.12. The molecule has 62 valence electrons. The number of nitrogens with zero attached hydrogens (tertiary/aromatic N) is 1. The van der Waals surface area contributed by atoms with Crippen LogP contribution in [0.15, 0.2) is 5.57 Å². The van der Waals surface area contributed by atoms with Gasteiger partial charge in [-0.2, -0.15) is 0 Å². The highest BCUT2D eigenvalue weighted by molar-refractivity contribution is 7.11. The van der Waals surface area contributed by atoms with Gasteiger partial charge in [-0.1, -0.05) is 0 Å². The first-order valence-electron chi connectivity index (χ1n) is 3.97. The lowest BCUT2D eigenvalue weighted by Gasteiger charge is -2.06. The van der Waals surface area contributed by atoms with Crippen molar-refractivity contribution in [2.45, 2.75) is 19.8 Å². The van der Waals surface area contributed by atoms with Crippen LogP contribution in [0, 0.1) is 12.3 Å². The Morgan fingerprint density at radius 1 is 1.58 bits per heavy atom. The van der Waals surface area contributed by atoms with Gasteiger partial charge in [-0.3, -0.25) is 0 Å². The van der Waals surface area contributed by atoms with Crippen LogP contribution in [0.1, 0.15) is 22.0 Å². The van der Waals surface area contributed by atoms with E-state index in [1.54, 1.807) is 11.3 Å². The Morgan fingerprint density at radius 2 is 2.42 bits per heavy atom. The monoisotopic (exact) mass is 178 g/mol. The minimum Gasteiger partial charge on any atom is -0.308 e. The summed E-state index contributed by atoms with van der Waals surface area (Å²) in [5, 5.41) is 8.25. The van der Waals surface area contributed by atoms with Crippen LogP contribution in [0.4, 0.5) is 0 Å². The summed E-state index contributed by atoms with van der Waals surface area (Å²) >= 11 is 1.77. The Kier molecular flexibility index (Phi) is 1.81. The molecule has 0 amide bonds. The average molecular weight is 178 g/mol. The van der Waals surface area contributed by atoms with Crippen molar-refractivity contribution in [1.29, 1.82) is 5.41 Å². The van der Waals surface area contributed by atoms with E-state index in [-0.39, 0.29) is 0 Å². The Labute approximate surface area is 75.5 Å². The third-order valence-electron chi connectivity index (χ3n) is 1.98. The number of hydrogen-bond acceptors (Lipinski definition) is 3. The first kappa shape index (κ1) is 7.68. The Hall–Kier alpha value is -0.960. The highest BCUT2D eigenvalue weighted by Crippen LogP contribution is 2.27. The molecule has 0 radical (unpaired) electrons. The van der Waals surface area contributed by atoms with Crippen LogP contribution >= 0.6 is 11.3 Å². The summed E-state index contributed by atoms with van der Waals surface area (Å²) in [5.41, 5.74) is 2.18. The number of fused-ring (bicyclic) bond motifs is 1. The molecule has 1 aromatic rings. The Bertz CT molecular complexity index is 349. The molecule has 1 heterocycles. The highest BCUT2D eigenvalue weighted by atomic mass is 32.1. The van der Waals surface area contributed by atoms with Crippen LogP contribution in [0.25, 0.3) is 6.08 Å². The second-order valence-electron chi connectivity index (χ2n) is 2.90. The smallest absolute Gasteiger partial charge is 0.0904 e. The molecule has 0 saturated heterocycles. The van der Waals surface area contributed by atoms with Gasteiger partial charge in [-0.05, 0) is 31.4 Å². The number of allylic oxidation sites excluding steroid dienone is 1. The van der Waals surface area contributed by atoms with E-state index in [1.807, 2.05) is 13.0 Å². The summed E-state index contributed by atoms with van der Waals surface area (Å²) in [7, 11) is 0. The number of rotatable bonds is 1. The van der Waals surface area contributed by atoms with Crippen LogP contribution in [-0.4, -0.2) is 11.2 Å². The molecule has 1 N–H and O–H groups in total. The van der Waals surface area contributed by atoms with Crippen LogP contribution in [-0.2, 0) is 6.42 Å². The van der Waals surface area contributed by atoms with Gasteiger partial charge >= 0.3 is 0 Å². The van der Waals surface area contributed by atoms with Gasteiger partial charge in [-0.25, -0.2) is 4.98 Å². The van der Waals surface area contributed by atoms with Crippen molar-refractivity contribution in [3.8, 4) is 0 Å². The van der Waals surface area contributed by atoms with E-state index in [9.17, 15) is 0 Å². The molecule has 3 heteroatoms. The molecule has 1 aliphatic carbocycles. The van der Waals surface area contributed by atoms with E-state index < -0.39 is 0 Å². The SMILES string of the molecule is Cc1nc2c(s1)CCC(C=N)=C2. The lowest BCUT2D eigenvalue weighted by atomic mass is 10.0. The summed E-state index contributed by atoms with van der Waals surface area (Å²) in [6.45, 7) is 2.03. The summed E-state index contributed by atoms with van der Waals surface area (Å²) < 4.78 is 0. The van der Waals surface area contributed by atoms with Crippen LogP contribution in [0.5, 0.6) is 0 Å². The standard InChI is InChI=1S/C9H10N2S/c1-6-11-8-4-7(5-10)2-3-9(8)12-6/h4-5,10H,2-3H2,1H3. The quantitative estimate of drug-likeness (QED) is 0.659. The molecule has 12 heavy (non-hydrogen) atoms. The van der Waals surface area contributed by atoms with E-state index in [0.717, 1.165) is 29.1 Å². The summed E-state index contributed by atoms with van der Waals surface area (Å²) in [6.07, 6.45) is 5.51. The zero-order valence-corrected chi connectivity index (χ0v) is 7.74. The first-order chi connectivity index (χ1) is 5.79. The molecule has 2 nitrogen and oxygen atoms in total. The molecule has 1 aromatic heterocycles. The molecular formula is C9H10N2S. The zero-order chi connectivity index (χ0) is 8.55. The summed E-state index contributed by atoms with van der Waals surface area (Å²) in [4.78, 5) is 5.76. The van der Waals surface area contributed by atoms with E-state index in [2.05, 4.69) is 4.98 Å². The fourth-order valence-corrected chi connectivity index (χ4v) is 2.31. The Morgan fingerprint density at radius 3 is 3.17 bits per heavy atom. The molecule has 0 aromatic carbocycles. The average Bonchev–Trinajstić information content (AvgIpc) is 2.43. The number of aromatic nitrogens is 1. The third-order valence-corrected chi connectivity index (χ3v) is 3.03. The molecule has 2 rings (SSSR count). The number of hydrogen-bond donors (Lipinski definition) is 1. The minimum atomic E-state index is 0.998. The first-order valence-corrected chi connectivity index (χ1v) is 4.78. The van der Waals surface area contributed by atoms with Crippen LogP contribution in [0.2, 0.25) is 0 Å². The van der Waals surface area contributed by atoms with Crippen molar-refractivity contribution in [3.63, 3.8) is 0 Å². The van der Waals surface area contributed by atoms with Crippen molar-refractivity contribution in [3.05, 3.63) is 21.2 Å². The van der Waals surface area contributed by atoms with E-state index in [1.165, 1.54) is 11.1 Å². The second-order valence-corrected chi connectivity index (χ2v) is 4.19. The van der Waals surface area contributed by atoms with Gasteiger partial charge in [0.1, 0.15) is 0 Å². The summed E-state index contributed by atoms with van der Waals surface area (Å²) in [6, 6.07) is 0. The van der Waals surface area contributed by atoms with Crippen molar-refractivity contribution >= 4 is 23.6 Å². The molecule has 0 bridgehead atoms. The molecule has 0 spiro atoms. The molecule has 0 saturated carbocycles. The van der Waals surface area contributed by atoms with Gasteiger partial charge in [0, 0.05) is 11.1 Å². The maximum atomic E-state index is 7.13. The van der Waals surface area contributed by atoms with Crippen LogP contribution < -0.4 is 0 Å². The molecule has 1 aliphatic rings. The number of thiazole rings is 1. The van der Waals surface area contributed by atoms with Gasteiger partial charge in [0.25, 0.3) is 0 Å². The number of nitrogens with one attached hydrogen (secondary N) is 1. The summed E-state index contributed by atoms with van der Waals surface area (Å²) in [5.74, 6) is 0. The van der Waals surface area contributed by atoms with Crippen molar-refractivity contribution < 1.29 is 0 Å². The maximum absolute atomic E-state index is 7.13. The molecule has 0 atom stereocenters. The molecule has 0 fully saturated rings. The van der Waals surface area contributed by atoms with Gasteiger partial charge in [0.15, 0.2) is 0 Å². The fraction of sp³-hybridized carbons (Fsp3) is 0.333. The topological polar surface area (TPSA) is 36.7 Å². The third kappa shape index (κ3) is 1.20. The van der Waals surface area contributed by atoms with E-state index in [4.69, 9.17) is 5.41 Å². The normalized spacial score (nSPS) is 15.2. The predicted octanol–water partition coefficient (Wildman–Crippen LogP) is 2.43. The van der Waals surface area contributed by atoms with Gasteiger partial charge in [0.05, 0.1) is 10.7 Å². The van der Waals surface area contributed by atoms with Gasteiger partial charge < -0.3 is 5.41 Å². The van der Waals surface area contributed by atoms with Gasteiger partial charge in [-0.15, -0.1) is 11.3 Å². The second kappa shape index (κ2) is 2.83. The maximum Gasteiger partial charge on any atom is 0.0904 e. The predicted molar refractivity (Wildman–Crippen MR) is 51.9 cm³/mol. The van der Waals surface area contributed by atoms with Crippen molar-refractivity contribution in [2.24, 2.45) is 0 Å². The van der Waals surface area contributed by atoms with Gasteiger partial charge in [0.2, 0.25) is 0 Å². The van der Waals surface area contributed by atoms with E-state index >= 15 is 0 Å². The molecule has 0 unspecified atom stereocenters. The van der Waals surface area contributed by atoms with Crippen molar-refractivity contribution in [2.75, 3.05) is 0 Å². The molecule has 0 aliphatic heterocycles.